The average Bonchev–Trinajstić information content (AvgIpc) is 2.84. The summed E-state index contributed by atoms with van der Waals surface area (Å²) in [6.07, 6.45) is 0. The highest BCUT2D eigenvalue weighted by molar-refractivity contribution is 6.13. The summed E-state index contributed by atoms with van der Waals surface area (Å²) in [7, 11) is 2.90. The number of methoxy groups -OCH3 is 2. The molecule has 0 aliphatic carbocycles. The van der Waals surface area contributed by atoms with E-state index >= 15 is 0 Å². The van der Waals surface area contributed by atoms with Crippen molar-refractivity contribution < 1.29 is 23.5 Å². The van der Waals surface area contributed by atoms with Crippen molar-refractivity contribution in [1.29, 1.82) is 0 Å². The summed E-state index contributed by atoms with van der Waals surface area (Å²) in [5, 5.41) is 5.98. The summed E-state index contributed by atoms with van der Waals surface area (Å²) in [6, 6.07) is 17.5. The van der Waals surface area contributed by atoms with Crippen LogP contribution in [0.5, 0.6) is 11.5 Å². The van der Waals surface area contributed by atoms with Gasteiger partial charge in [0, 0.05) is 28.8 Å². The molecule has 0 saturated heterocycles. The quantitative estimate of drug-likeness (QED) is 0.414. The number of rotatable bonds is 6. The topological polar surface area (TPSA) is 89.6 Å². The predicted octanol–water partition coefficient (Wildman–Crippen LogP) is 5.20. The van der Waals surface area contributed by atoms with Gasteiger partial charge in [-0.25, -0.2) is 4.39 Å². The second-order valence-corrected chi connectivity index (χ2v) is 7.50. The number of carbonyl (C=O) groups excluding carboxylic acids is 2. The van der Waals surface area contributed by atoms with E-state index in [9.17, 15) is 14.0 Å². The second kappa shape index (κ2) is 9.58. The molecule has 0 atom stereocenters. The molecule has 0 aliphatic rings. The first kappa shape index (κ1) is 22.7. The number of pyridine rings is 1. The molecule has 1 aromatic heterocycles. The zero-order chi connectivity index (χ0) is 24.2. The molecular formula is C26H22FN3O4. The standard InChI is InChI=1S/C26H22FN3O4/c1-15-11-19(18-12-17(27)9-10-20(18)28-15)26(32)30-22-14-23(33-2)21(13-24(22)34-3)29-25(31)16-7-5-4-6-8-16/h4-14H,1-3H3,(H,29,31)(H,30,32). The van der Waals surface area contributed by atoms with Gasteiger partial charge in [-0.1, -0.05) is 18.2 Å². The van der Waals surface area contributed by atoms with Crippen molar-refractivity contribution in [1.82, 2.24) is 4.98 Å². The van der Waals surface area contributed by atoms with E-state index in [1.807, 2.05) is 6.07 Å². The van der Waals surface area contributed by atoms with E-state index in [0.717, 1.165) is 0 Å². The first-order chi connectivity index (χ1) is 16.4. The molecule has 0 bridgehead atoms. The van der Waals surface area contributed by atoms with E-state index in [-0.39, 0.29) is 11.5 Å². The fourth-order valence-electron chi connectivity index (χ4n) is 3.58. The monoisotopic (exact) mass is 459 g/mol. The fraction of sp³-hybridized carbons (Fsp3) is 0.115. The number of anilines is 2. The van der Waals surface area contributed by atoms with Gasteiger partial charge in [0.05, 0.1) is 36.7 Å². The number of nitrogens with one attached hydrogen (secondary N) is 2. The smallest absolute Gasteiger partial charge is 0.256 e. The number of ether oxygens (including phenoxy) is 2. The van der Waals surface area contributed by atoms with Crippen molar-refractivity contribution in [3.63, 3.8) is 0 Å². The number of nitrogens with zero attached hydrogens (tertiary/aromatic N) is 1. The van der Waals surface area contributed by atoms with E-state index < -0.39 is 11.7 Å². The van der Waals surface area contributed by atoms with Gasteiger partial charge in [-0.2, -0.15) is 0 Å². The van der Waals surface area contributed by atoms with Crippen molar-refractivity contribution in [3.8, 4) is 11.5 Å². The van der Waals surface area contributed by atoms with E-state index in [1.165, 1.54) is 32.4 Å². The number of hydrogen-bond acceptors (Lipinski definition) is 5. The molecule has 4 aromatic rings. The Kier molecular flexibility index (Phi) is 6.40. The molecule has 2 N–H and O–H groups in total. The number of benzene rings is 3. The normalized spacial score (nSPS) is 10.6. The highest BCUT2D eigenvalue weighted by atomic mass is 19.1. The van der Waals surface area contributed by atoms with Crippen molar-refractivity contribution in [3.05, 3.63) is 89.4 Å². The molecule has 4 rings (SSSR count). The number of halogens is 1. The number of aryl methyl sites for hydroxylation is 1. The molecule has 7 nitrogen and oxygen atoms in total. The largest absolute Gasteiger partial charge is 0.494 e. The zero-order valence-corrected chi connectivity index (χ0v) is 18.8. The molecule has 2 amide bonds. The van der Waals surface area contributed by atoms with Gasteiger partial charge in [0.25, 0.3) is 11.8 Å². The Morgan fingerprint density at radius 3 is 2.06 bits per heavy atom. The van der Waals surface area contributed by atoms with Crippen molar-refractivity contribution in [2.45, 2.75) is 6.92 Å². The summed E-state index contributed by atoms with van der Waals surface area (Å²) in [4.78, 5) is 30.1. The van der Waals surface area contributed by atoms with Gasteiger partial charge in [-0.3, -0.25) is 14.6 Å². The number of aromatic nitrogens is 1. The van der Waals surface area contributed by atoms with Crippen LogP contribution in [0.4, 0.5) is 15.8 Å². The van der Waals surface area contributed by atoms with Gasteiger partial charge >= 0.3 is 0 Å². The van der Waals surface area contributed by atoms with Crippen LogP contribution >= 0.6 is 0 Å². The SMILES string of the molecule is COc1cc(NC(=O)c2cc(C)nc3ccc(F)cc23)c(OC)cc1NC(=O)c1ccccc1. The van der Waals surface area contributed by atoms with Crippen LogP contribution in [0.25, 0.3) is 10.9 Å². The molecule has 0 spiro atoms. The van der Waals surface area contributed by atoms with Gasteiger partial charge in [0.2, 0.25) is 0 Å². The maximum atomic E-state index is 13.9. The lowest BCUT2D eigenvalue weighted by Crippen LogP contribution is -2.15. The molecule has 0 saturated carbocycles. The van der Waals surface area contributed by atoms with Crippen molar-refractivity contribution >= 4 is 34.1 Å². The van der Waals surface area contributed by atoms with E-state index in [0.29, 0.717) is 45.0 Å². The Bertz CT molecular complexity index is 1390. The molecular weight excluding hydrogens is 437 g/mol. The first-order valence-corrected chi connectivity index (χ1v) is 10.4. The average molecular weight is 459 g/mol. The van der Waals surface area contributed by atoms with Gasteiger partial charge in [-0.15, -0.1) is 0 Å². The zero-order valence-electron chi connectivity index (χ0n) is 18.8. The lowest BCUT2D eigenvalue weighted by molar-refractivity contribution is 0.101. The lowest BCUT2D eigenvalue weighted by atomic mass is 10.1. The number of hydrogen-bond donors (Lipinski definition) is 2. The molecule has 0 radical (unpaired) electrons. The Morgan fingerprint density at radius 1 is 0.824 bits per heavy atom. The van der Waals surface area contributed by atoms with Crippen LogP contribution < -0.4 is 20.1 Å². The molecule has 1 heterocycles. The van der Waals surface area contributed by atoms with Crippen LogP contribution in [0.3, 0.4) is 0 Å². The summed E-state index contributed by atoms with van der Waals surface area (Å²) in [6.45, 7) is 1.76. The number of amides is 2. The minimum Gasteiger partial charge on any atom is -0.494 e. The second-order valence-electron chi connectivity index (χ2n) is 7.50. The molecule has 0 unspecified atom stereocenters. The summed E-state index contributed by atoms with van der Waals surface area (Å²) < 4.78 is 24.7. The van der Waals surface area contributed by atoms with Crippen LogP contribution in [-0.2, 0) is 0 Å². The maximum Gasteiger partial charge on any atom is 0.256 e. The molecule has 172 valence electrons. The Balaban J connectivity index is 1.67. The number of carbonyl (C=O) groups is 2. The summed E-state index contributed by atoms with van der Waals surface area (Å²) in [5.74, 6) is -0.632. The third-order valence-corrected chi connectivity index (χ3v) is 5.20. The minimum absolute atomic E-state index is 0.268. The van der Waals surface area contributed by atoms with Crippen LogP contribution in [0.1, 0.15) is 26.4 Å². The predicted molar refractivity (Wildman–Crippen MR) is 128 cm³/mol. The molecule has 3 aromatic carbocycles. The minimum atomic E-state index is -0.470. The Hall–Kier alpha value is -4.46. The van der Waals surface area contributed by atoms with E-state index in [1.54, 1.807) is 49.4 Å². The lowest BCUT2D eigenvalue weighted by Gasteiger charge is -2.17. The van der Waals surface area contributed by atoms with E-state index in [4.69, 9.17) is 9.47 Å². The molecule has 34 heavy (non-hydrogen) atoms. The highest BCUT2D eigenvalue weighted by Crippen LogP contribution is 2.37. The third-order valence-electron chi connectivity index (χ3n) is 5.20. The van der Waals surface area contributed by atoms with Crippen molar-refractivity contribution in [2.75, 3.05) is 24.9 Å². The van der Waals surface area contributed by atoms with Crippen LogP contribution in [-0.4, -0.2) is 31.0 Å². The summed E-state index contributed by atoms with van der Waals surface area (Å²) in [5.41, 5.74) is 2.57. The first-order valence-electron chi connectivity index (χ1n) is 10.4. The van der Waals surface area contributed by atoms with Gasteiger partial charge in [0.15, 0.2) is 0 Å². The maximum absolute atomic E-state index is 13.9. The van der Waals surface area contributed by atoms with Crippen LogP contribution in [0.15, 0.2) is 66.7 Å². The van der Waals surface area contributed by atoms with Gasteiger partial charge in [0.1, 0.15) is 17.3 Å². The third kappa shape index (κ3) is 4.66. The Morgan fingerprint density at radius 2 is 1.44 bits per heavy atom. The Labute approximate surface area is 195 Å². The molecule has 0 fully saturated rings. The van der Waals surface area contributed by atoms with Gasteiger partial charge in [-0.05, 0) is 43.3 Å². The fourth-order valence-corrected chi connectivity index (χ4v) is 3.58. The van der Waals surface area contributed by atoms with Gasteiger partial charge < -0.3 is 20.1 Å². The molecule has 0 aliphatic heterocycles. The molecule has 8 heteroatoms. The van der Waals surface area contributed by atoms with Crippen LogP contribution in [0.2, 0.25) is 0 Å². The summed E-state index contributed by atoms with van der Waals surface area (Å²) >= 11 is 0. The highest BCUT2D eigenvalue weighted by Gasteiger charge is 2.19. The number of fused-ring (bicyclic) bond motifs is 1. The van der Waals surface area contributed by atoms with Crippen molar-refractivity contribution in [2.24, 2.45) is 0 Å². The van der Waals surface area contributed by atoms with E-state index in [2.05, 4.69) is 15.6 Å². The van der Waals surface area contributed by atoms with Crippen LogP contribution in [0, 0.1) is 12.7 Å².